The summed E-state index contributed by atoms with van der Waals surface area (Å²) in [6.45, 7) is 0. The summed E-state index contributed by atoms with van der Waals surface area (Å²) >= 11 is 0. The molecule has 0 bridgehead atoms. The summed E-state index contributed by atoms with van der Waals surface area (Å²) in [6.07, 6.45) is 1.73. The van der Waals surface area contributed by atoms with Crippen LogP contribution in [-0.4, -0.2) is 34.2 Å². The van der Waals surface area contributed by atoms with Gasteiger partial charge in [0.15, 0.2) is 0 Å². The van der Waals surface area contributed by atoms with E-state index in [1.54, 1.807) is 4.57 Å². The Morgan fingerprint density at radius 3 is 2.47 bits per heavy atom. The number of H-pyrrole nitrogens is 1. The molecule has 1 fully saturated rings. The van der Waals surface area contributed by atoms with Gasteiger partial charge in [0.2, 0.25) is 10.0 Å². The summed E-state index contributed by atoms with van der Waals surface area (Å²) in [5.41, 5.74) is -2.87. The van der Waals surface area contributed by atoms with Crippen LogP contribution in [0.2, 0.25) is 0 Å². The van der Waals surface area contributed by atoms with Gasteiger partial charge in [0.1, 0.15) is 12.7 Å². The molecule has 0 saturated heterocycles. The number of sulfonamides is 1. The third-order valence-electron chi connectivity index (χ3n) is 5.53. The lowest BCUT2D eigenvalue weighted by Crippen LogP contribution is -2.39. The first kappa shape index (κ1) is 22.2. The quantitative estimate of drug-likeness (QED) is 0.599. The standard InChI is InChI=1S/C20H20F3N5O3S/c21-20(22,23)18-15(16-7-3-9-24-19(16)29)6-2-8-17(18)32(30,31)27-13-4-1-5-14(10-13)28-11-25-26-12-28/h2-3,6-9,11-14,27H,1,4-5,10H2,(H,24,29)/t13-,14+/m0/s1. The predicted octanol–water partition coefficient (Wildman–Crippen LogP) is 3.11. The van der Waals surface area contributed by atoms with E-state index in [0.717, 1.165) is 18.6 Å². The molecule has 3 aromatic rings. The van der Waals surface area contributed by atoms with Crippen LogP contribution in [-0.2, 0) is 16.2 Å². The van der Waals surface area contributed by atoms with Crippen LogP contribution in [0, 0.1) is 0 Å². The molecule has 2 heterocycles. The lowest BCUT2D eigenvalue weighted by molar-refractivity contribution is -0.139. The van der Waals surface area contributed by atoms with E-state index in [-0.39, 0.29) is 11.6 Å². The molecule has 2 N–H and O–H groups in total. The van der Waals surface area contributed by atoms with Gasteiger partial charge in [-0.15, -0.1) is 10.2 Å². The van der Waals surface area contributed by atoms with Crippen LogP contribution in [0.1, 0.15) is 37.3 Å². The van der Waals surface area contributed by atoms with Crippen LogP contribution in [0.3, 0.4) is 0 Å². The molecule has 1 saturated carbocycles. The van der Waals surface area contributed by atoms with Gasteiger partial charge in [-0.2, -0.15) is 13.2 Å². The van der Waals surface area contributed by atoms with Crippen LogP contribution in [0.15, 0.2) is 58.9 Å². The Hall–Kier alpha value is -2.99. The Labute approximate surface area is 181 Å². The summed E-state index contributed by atoms with van der Waals surface area (Å²) in [5.74, 6) is 0. The van der Waals surface area contributed by atoms with E-state index in [9.17, 15) is 26.4 Å². The maximum Gasteiger partial charge on any atom is 0.418 e. The van der Waals surface area contributed by atoms with E-state index < -0.39 is 43.8 Å². The minimum atomic E-state index is -5.00. The van der Waals surface area contributed by atoms with Crippen molar-refractivity contribution in [3.05, 3.63) is 65.1 Å². The maximum absolute atomic E-state index is 14.1. The first-order valence-electron chi connectivity index (χ1n) is 9.91. The van der Waals surface area contributed by atoms with Crippen molar-refractivity contribution in [1.29, 1.82) is 0 Å². The first-order chi connectivity index (χ1) is 15.2. The highest BCUT2D eigenvalue weighted by Crippen LogP contribution is 2.40. The van der Waals surface area contributed by atoms with Gasteiger partial charge < -0.3 is 9.55 Å². The fourth-order valence-corrected chi connectivity index (χ4v) is 5.66. The number of benzene rings is 1. The Balaban J connectivity index is 1.71. The van der Waals surface area contributed by atoms with Gasteiger partial charge in [-0.05, 0) is 43.9 Å². The predicted molar refractivity (Wildman–Crippen MR) is 109 cm³/mol. The number of nitrogens with zero attached hydrogens (tertiary/aromatic N) is 3. The van der Waals surface area contributed by atoms with Crippen molar-refractivity contribution in [2.45, 2.75) is 48.8 Å². The topological polar surface area (TPSA) is 110 Å². The summed E-state index contributed by atoms with van der Waals surface area (Å²) in [7, 11) is -4.53. The largest absolute Gasteiger partial charge is 0.418 e. The summed E-state index contributed by atoms with van der Waals surface area (Å²) in [5, 5.41) is 7.50. The molecule has 4 rings (SSSR count). The van der Waals surface area contributed by atoms with Crippen molar-refractivity contribution in [1.82, 2.24) is 24.5 Å². The molecule has 2 aromatic heterocycles. The number of halogens is 3. The lowest BCUT2D eigenvalue weighted by Gasteiger charge is -2.30. The highest BCUT2D eigenvalue weighted by molar-refractivity contribution is 7.89. The molecule has 0 aliphatic heterocycles. The molecule has 1 aliphatic rings. The van der Waals surface area contributed by atoms with Crippen molar-refractivity contribution < 1.29 is 21.6 Å². The van der Waals surface area contributed by atoms with Gasteiger partial charge in [0.25, 0.3) is 5.56 Å². The minimum absolute atomic E-state index is 0.0530. The normalized spacial score (nSPS) is 19.7. The highest BCUT2D eigenvalue weighted by Gasteiger charge is 2.41. The Morgan fingerprint density at radius 1 is 1.06 bits per heavy atom. The third kappa shape index (κ3) is 4.46. The van der Waals surface area contributed by atoms with Gasteiger partial charge >= 0.3 is 6.18 Å². The molecule has 0 radical (unpaired) electrons. The van der Waals surface area contributed by atoms with E-state index in [4.69, 9.17) is 0 Å². The van der Waals surface area contributed by atoms with Crippen molar-refractivity contribution in [2.75, 3.05) is 0 Å². The summed E-state index contributed by atoms with van der Waals surface area (Å²) < 4.78 is 72.6. The van der Waals surface area contributed by atoms with Gasteiger partial charge in [-0.1, -0.05) is 12.1 Å². The molecule has 1 aliphatic carbocycles. The van der Waals surface area contributed by atoms with Crippen molar-refractivity contribution in [3.63, 3.8) is 0 Å². The second-order valence-electron chi connectivity index (χ2n) is 7.64. The van der Waals surface area contributed by atoms with Gasteiger partial charge in [0.05, 0.1) is 10.5 Å². The number of hydrogen-bond acceptors (Lipinski definition) is 5. The Bertz CT molecular complexity index is 1260. The number of hydrogen-bond donors (Lipinski definition) is 2. The van der Waals surface area contributed by atoms with Gasteiger partial charge in [-0.3, -0.25) is 4.79 Å². The van der Waals surface area contributed by atoms with E-state index >= 15 is 0 Å². The van der Waals surface area contributed by atoms with Crippen molar-refractivity contribution in [2.24, 2.45) is 0 Å². The zero-order valence-electron chi connectivity index (χ0n) is 16.7. The maximum atomic E-state index is 14.1. The van der Waals surface area contributed by atoms with E-state index in [1.807, 2.05) is 0 Å². The van der Waals surface area contributed by atoms with E-state index in [0.29, 0.717) is 19.3 Å². The molecule has 32 heavy (non-hydrogen) atoms. The number of rotatable bonds is 5. The molecule has 8 nitrogen and oxygen atoms in total. The first-order valence-corrected chi connectivity index (χ1v) is 11.4. The van der Waals surface area contributed by atoms with Gasteiger partial charge in [0, 0.05) is 29.4 Å². The number of alkyl halides is 3. The minimum Gasteiger partial charge on any atom is -0.329 e. The molecule has 170 valence electrons. The number of pyridine rings is 1. The molecule has 12 heteroatoms. The SMILES string of the molecule is O=c1[nH]cccc1-c1cccc(S(=O)(=O)N[C@H]2CCC[C@@H](n3cnnc3)C2)c1C(F)(F)F. The van der Waals surface area contributed by atoms with Crippen LogP contribution in [0.4, 0.5) is 13.2 Å². The van der Waals surface area contributed by atoms with Crippen LogP contribution < -0.4 is 10.3 Å². The second-order valence-corrected chi connectivity index (χ2v) is 9.32. The van der Waals surface area contributed by atoms with Crippen LogP contribution in [0.5, 0.6) is 0 Å². The molecule has 0 unspecified atom stereocenters. The molecule has 0 spiro atoms. The van der Waals surface area contributed by atoms with Crippen molar-refractivity contribution >= 4 is 10.0 Å². The molecular formula is C20H20F3N5O3S. The van der Waals surface area contributed by atoms with Crippen LogP contribution in [0.25, 0.3) is 11.1 Å². The Kier molecular flexibility index (Phi) is 5.91. The smallest absolute Gasteiger partial charge is 0.329 e. The number of nitrogens with one attached hydrogen (secondary N) is 2. The summed E-state index contributed by atoms with van der Waals surface area (Å²) in [6, 6.07) is 5.20. The zero-order valence-corrected chi connectivity index (χ0v) is 17.5. The van der Waals surface area contributed by atoms with Crippen molar-refractivity contribution in [3.8, 4) is 11.1 Å². The highest BCUT2D eigenvalue weighted by atomic mass is 32.2. The average Bonchev–Trinajstić information content (AvgIpc) is 3.28. The zero-order chi connectivity index (χ0) is 22.9. The second kappa shape index (κ2) is 8.51. The molecular weight excluding hydrogens is 447 g/mol. The Morgan fingerprint density at radius 2 is 1.78 bits per heavy atom. The molecule has 1 aromatic carbocycles. The average molecular weight is 467 g/mol. The monoisotopic (exact) mass is 467 g/mol. The fraction of sp³-hybridized carbons (Fsp3) is 0.350. The summed E-state index contributed by atoms with van der Waals surface area (Å²) in [4.78, 5) is 13.5. The van der Waals surface area contributed by atoms with E-state index in [2.05, 4.69) is 19.9 Å². The lowest BCUT2D eigenvalue weighted by atomic mass is 9.91. The van der Waals surface area contributed by atoms with E-state index in [1.165, 1.54) is 37.1 Å². The molecule has 0 amide bonds. The third-order valence-corrected chi connectivity index (χ3v) is 7.10. The van der Waals surface area contributed by atoms with Crippen LogP contribution >= 0.6 is 0 Å². The number of aromatic nitrogens is 4. The fourth-order valence-electron chi connectivity index (χ4n) is 4.13. The molecule has 2 atom stereocenters. The van der Waals surface area contributed by atoms with Gasteiger partial charge in [-0.25, -0.2) is 13.1 Å². The number of aromatic amines is 1.